The maximum atomic E-state index is 13.3. The monoisotopic (exact) mass is 611 g/mol. The van der Waals surface area contributed by atoms with E-state index in [1.807, 2.05) is 13.8 Å². The van der Waals surface area contributed by atoms with Crippen LogP contribution in [0.15, 0.2) is 47.5 Å². The van der Waals surface area contributed by atoms with Gasteiger partial charge in [-0.15, -0.1) is 5.10 Å². The second-order valence-electron chi connectivity index (χ2n) is 10.00. The third kappa shape index (κ3) is 5.96. The number of rotatable bonds is 5. The molecule has 13 heteroatoms. The molecule has 2 aromatic carbocycles. The summed E-state index contributed by atoms with van der Waals surface area (Å²) in [7, 11) is -3.68. The summed E-state index contributed by atoms with van der Waals surface area (Å²) in [5.41, 5.74) is 1.74. The van der Waals surface area contributed by atoms with Crippen molar-refractivity contribution in [1.29, 1.82) is 0 Å². The average Bonchev–Trinajstić information content (AvgIpc) is 3.40. The minimum absolute atomic E-state index is 0.0112. The van der Waals surface area contributed by atoms with Crippen LogP contribution in [0, 0.1) is 0 Å². The molecule has 2 aliphatic heterocycles. The van der Waals surface area contributed by atoms with Crippen LogP contribution in [0.2, 0.25) is 15.1 Å². The summed E-state index contributed by atoms with van der Waals surface area (Å²) in [4.78, 5) is 15.3. The summed E-state index contributed by atoms with van der Waals surface area (Å²) in [6.07, 6.45) is 3.08. The molecule has 2 aliphatic rings. The maximum absolute atomic E-state index is 13.3. The van der Waals surface area contributed by atoms with Gasteiger partial charge in [-0.3, -0.25) is 4.79 Å². The molecule has 3 heterocycles. The van der Waals surface area contributed by atoms with Crippen LogP contribution in [0.3, 0.4) is 0 Å². The van der Waals surface area contributed by atoms with Gasteiger partial charge in [-0.2, -0.15) is 4.31 Å². The quantitative estimate of drug-likeness (QED) is 0.374. The smallest absolute Gasteiger partial charge is 0.253 e. The average molecular weight is 613 g/mol. The van der Waals surface area contributed by atoms with E-state index in [0.29, 0.717) is 52.5 Å². The zero-order chi connectivity index (χ0) is 27.9. The summed E-state index contributed by atoms with van der Waals surface area (Å²) < 4.78 is 35.0. The molecule has 0 saturated carbocycles. The first-order valence-corrected chi connectivity index (χ1v) is 15.2. The number of hydrogen-bond donors (Lipinski definition) is 0. The molecule has 39 heavy (non-hydrogen) atoms. The summed E-state index contributed by atoms with van der Waals surface area (Å²) in [5, 5.41) is 9.64. The van der Waals surface area contributed by atoms with Crippen LogP contribution >= 0.6 is 34.8 Å². The van der Waals surface area contributed by atoms with Crippen LogP contribution in [0.5, 0.6) is 0 Å². The number of piperidine rings is 1. The first-order chi connectivity index (χ1) is 18.5. The number of sulfonamides is 1. The predicted octanol–water partition coefficient (Wildman–Crippen LogP) is 5.05. The highest BCUT2D eigenvalue weighted by atomic mass is 35.5. The number of ether oxygens (including phenoxy) is 1. The third-order valence-electron chi connectivity index (χ3n) is 7.00. The topological polar surface area (TPSA) is 97.6 Å². The minimum Gasteiger partial charge on any atom is -0.373 e. The normalized spacial score (nSPS) is 22.7. The van der Waals surface area contributed by atoms with Crippen molar-refractivity contribution in [3.8, 4) is 5.69 Å². The minimum atomic E-state index is -3.68. The number of benzene rings is 2. The standard InChI is InChI=1S/C26H28Cl3N5O4S/c1-16-12-33(13-17(2)38-16)39(36,37)20-7-5-18(6-8-20)26(35)32-9-3-4-19(14-32)24-15-34(31-30-24)25-11-22(28)21(27)10-23(25)29/h5-8,10-11,15-17,19H,3-4,9,12-14H2,1-2H3. The van der Waals surface area contributed by atoms with E-state index in [1.165, 1.54) is 16.4 Å². The number of carbonyl (C=O) groups is 1. The highest BCUT2D eigenvalue weighted by molar-refractivity contribution is 7.89. The fourth-order valence-corrected chi connectivity index (χ4v) is 7.32. The Hall–Kier alpha value is -2.21. The molecule has 3 atom stereocenters. The van der Waals surface area contributed by atoms with Crippen LogP contribution in [-0.4, -0.2) is 76.9 Å². The van der Waals surface area contributed by atoms with Crippen molar-refractivity contribution >= 4 is 50.7 Å². The Morgan fingerprint density at radius 3 is 2.33 bits per heavy atom. The molecular weight excluding hydrogens is 585 g/mol. The van der Waals surface area contributed by atoms with Crippen LogP contribution < -0.4 is 0 Å². The zero-order valence-corrected chi connectivity index (χ0v) is 24.5. The molecule has 0 bridgehead atoms. The Balaban J connectivity index is 1.28. The van der Waals surface area contributed by atoms with Gasteiger partial charge in [0, 0.05) is 37.7 Å². The Morgan fingerprint density at radius 2 is 1.64 bits per heavy atom. The second kappa shape index (κ2) is 11.3. The van der Waals surface area contributed by atoms with E-state index in [4.69, 9.17) is 39.5 Å². The number of amides is 1. The Labute approximate surface area is 242 Å². The number of aromatic nitrogens is 3. The number of nitrogens with zero attached hydrogens (tertiary/aromatic N) is 5. The highest BCUT2D eigenvalue weighted by Gasteiger charge is 2.33. The van der Waals surface area contributed by atoms with Crippen LogP contribution in [-0.2, 0) is 14.8 Å². The molecular formula is C26H28Cl3N5O4S. The van der Waals surface area contributed by atoms with Gasteiger partial charge in [0.05, 0.1) is 49.7 Å². The molecule has 0 spiro atoms. The van der Waals surface area contributed by atoms with Crippen molar-refractivity contribution in [2.75, 3.05) is 26.2 Å². The number of hydrogen-bond acceptors (Lipinski definition) is 6. The summed E-state index contributed by atoms with van der Waals surface area (Å²) >= 11 is 18.5. The van der Waals surface area contributed by atoms with Gasteiger partial charge in [0.25, 0.3) is 5.91 Å². The van der Waals surface area contributed by atoms with Crippen molar-refractivity contribution in [3.63, 3.8) is 0 Å². The molecule has 2 saturated heterocycles. The number of morpholine rings is 1. The molecule has 1 amide bonds. The van der Waals surface area contributed by atoms with Gasteiger partial charge in [0.1, 0.15) is 0 Å². The van der Waals surface area contributed by atoms with E-state index in [-0.39, 0.29) is 28.9 Å². The zero-order valence-electron chi connectivity index (χ0n) is 21.4. The lowest BCUT2D eigenvalue weighted by Crippen LogP contribution is -2.48. The van der Waals surface area contributed by atoms with E-state index >= 15 is 0 Å². The number of likely N-dealkylation sites (tertiary alicyclic amines) is 1. The summed E-state index contributed by atoms with van der Waals surface area (Å²) in [6, 6.07) is 9.35. The first kappa shape index (κ1) is 28.3. The van der Waals surface area contributed by atoms with Gasteiger partial charge < -0.3 is 9.64 Å². The predicted molar refractivity (Wildman–Crippen MR) is 149 cm³/mol. The van der Waals surface area contributed by atoms with Gasteiger partial charge in [-0.1, -0.05) is 40.0 Å². The van der Waals surface area contributed by atoms with E-state index in [9.17, 15) is 13.2 Å². The van der Waals surface area contributed by atoms with E-state index in [0.717, 1.165) is 18.5 Å². The van der Waals surface area contributed by atoms with Crippen molar-refractivity contribution in [1.82, 2.24) is 24.2 Å². The fourth-order valence-electron chi connectivity index (χ4n) is 5.10. The number of carbonyl (C=O) groups excluding carboxylic acids is 1. The molecule has 0 N–H and O–H groups in total. The van der Waals surface area contributed by atoms with Gasteiger partial charge in [-0.25, -0.2) is 13.1 Å². The van der Waals surface area contributed by atoms with Crippen LogP contribution in [0.25, 0.3) is 5.69 Å². The molecule has 0 radical (unpaired) electrons. The molecule has 9 nitrogen and oxygen atoms in total. The maximum Gasteiger partial charge on any atom is 0.253 e. The lowest BCUT2D eigenvalue weighted by Gasteiger charge is -2.34. The molecule has 0 aliphatic carbocycles. The third-order valence-corrected chi connectivity index (χ3v) is 9.87. The number of halogens is 3. The van der Waals surface area contributed by atoms with E-state index in [1.54, 1.807) is 40.0 Å². The van der Waals surface area contributed by atoms with E-state index < -0.39 is 10.0 Å². The van der Waals surface area contributed by atoms with Crippen molar-refractivity contribution in [3.05, 3.63) is 68.9 Å². The molecule has 3 aromatic rings. The van der Waals surface area contributed by atoms with Crippen molar-refractivity contribution < 1.29 is 17.9 Å². The molecule has 3 unspecified atom stereocenters. The SMILES string of the molecule is CC1CN(S(=O)(=O)c2ccc(C(=O)N3CCCC(c4cn(-c5cc(Cl)c(Cl)cc5Cl)nn4)C3)cc2)CC(C)O1. The Kier molecular flexibility index (Phi) is 8.24. The first-order valence-electron chi connectivity index (χ1n) is 12.6. The lowest BCUT2D eigenvalue weighted by atomic mass is 9.95. The molecule has 1 aromatic heterocycles. The van der Waals surface area contributed by atoms with Gasteiger partial charge >= 0.3 is 0 Å². The van der Waals surface area contributed by atoms with Crippen LogP contribution in [0.1, 0.15) is 48.7 Å². The van der Waals surface area contributed by atoms with Crippen molar-refractivity contribution in [2.45, 2.75) is 49.7 Å². The van der Waals surface area contributed by atoms with E-state index in [2.05, 4.69) is 10.3 Å². The molecule has 2 fully saturated rings. The van der Waals surface area contributed by atoms with Crippen LogP contribution in [0.4, 0.5) is 0 Å². The fraction of sp³-hybridized carbons (Fsp3) is 0.423. The summed E-state index contributed by atoms with van der Waals surface area (Å²) in [5.74, 6) is -0.167. The second-order valence-corrected chi connectivity index (χ2v) is 13.2. The molecule has 208 valence electrons. The Bertz CT molecular complexity index is 1470. The largest absolute Gasteiger partial charge is 0.373 e. The summed E-state index contributed by atoms with van der Waals surface area (Å²) in [6.45, 7) is 5.38. The Morgan fingerprint density at radius 1 is 0.974 bits per heavy atom. The van der Waals surface area contributed by atoms with Crippen molar-refractivity contribution in [2.24, 2.45) is 0 Å². The van der Waals surface area contributed by atoms with Gasteiger partial charge in [0.15, 0.2) is 0 Å². The van der Waals surface area contributed by atoms with Gasteiger partial charge in [-0.05, 0) is 63.1 Å². The van der Waals surface area contributed by atoms with Gasteiger partial charge in [0.2, 0.25) is 10.0 Å². The highest BCUT2D eigenvalue weighted by Crippen LogP contribution is 2.32. The lowest BCUT2D eigenvalue weighted by molar-refractivity contribution is -0.0440. The molecule has 5 rings (SSSR count).